The van der Waals surface area contributed by atoms with Crippen LogP contribution in [0.3, 0.4) is 0 Å². The van der Waals surface area contributed by atoms with Crippen LogP contribution in [0.15, 0.2) is 42.5 Å². The van der Waals surface area contributed by atoms with Crippen LogP contribution in [0.2, 0.25) is 0 Å². The Labute approximate surface area is 156 Å². The fourth-order valence-electron chi connectivity index (χ4n) is 3.23. The van der Waals surface area contributed by atoms with Gasteiger partial charge in [-0.15, -0.1) is 0 Å². The third-order valence-corrected chi connectivity index (χ3v) is 4.79. The summed E-state index contributed by atoms with van der Waals surface area (Å²) in [6, 6.07) is 13.1. The Kier molecular flexibility index (Phi) is 3.87. The highest BCUT2D eigenvalue weighted by atomic mass is 16.5. The van der Waals surface area contributed by atoms with Crippen LogP contribution in [0.4, 0.5) is 5.69 Å². The highest BCUT2D eigenvalue weighted by molar-refractivity contribution is 6.16. The van der Waals surface area contributed by atoms with Gasteiger partial charge in [0.1, 0.15) is 11.6 Å². The number of nitrogens with one attached hydrogen (secondary N) is 2. The molecule has 27 heavy (non-hydrogen) atoms. The zero-order valence-electron chi connectivity index (χ0n) is 15.4. The number of hydrogen-bond donors (Lipinski definition) is 2. The molecular weight excluding hydrogens is 344 g/mol. The number of carbonyl (C=O) groups is 2. The van der Waals surface area contributed by atoms with Crippen molar-refractivity contribution in [3.05, 3.63) is 53.9 Å². The highest BCUT2D eigenvalue weighted by Crippen LogP contribution is 2.37. The Balaban J connectivity index is 1.55. The first-order valence-electron chi connectivity index (χ1n) is 8.68. The molecule has 0 saturated carbocycles. The maximum Gasteiger partial charge on any atom is 0.280 e. The number of aryl methyl sites for hydroxylation is 1. The van der Waals surface area contributed by atoms with Gasteiger partial charge in [-0.25, -0.2) is 4.98 Å². The summed E-state index contributed by atoms with van der Waals surface area (Å²) in [7, 11) is 1.65. The van der Waals surface area contributed by atoms with Gasteiger partial charge < -0.3 is 19.9 Å². The van der Waals surface area contributed by atoms with Crippen molar-refractivity contribution in [3.8, 4) is 5.75 Å². The topological polar surface area (TPSA) is 87.3 Å². The molecule has 0 saturated heterocycles. The van der Waals surface area contributed by atoms with E-state index in [0.717, 1.165) is 16.6 Å². The molecule has 7 heteroatoms. The van der Waals surface area contributed by atoms with Gasteiger partial charge >= 0.3 is 0 Å². The summed E-state index contributed by atoms with van der Waals surface area (Å²) in [6.07, 6.45) is 0. The molecule has 1 aliphatic rings. The second-order valence-corrected chi connectivity index (χ2v) is 6.85. The van der Waals surface area contributed by atoms with Crippen molar-refractivity contribution in [1.82, 2.24) is 15.3 Å². The van der Waals surface area contributed by atoms with Crippen molar-refractivity contribution in [2.75, 3.05) is 11.9 Å². The van der Waals surface area contributed by atoms with E-state index in [2.05, 4.69) is 15.3 Å². The lowest BCUT2D eigenvalue weighted by Gasteiger charge is -2.38. The first-order valence-corrected chi connectivity index (χ1v) is 8.68. The number of anilines is 1. The summed E-state index contributed by atoms with van der Waals surface area (Å²) >= 11 is 0. The van der Waals surface area contributed by atoms with Gasteiger partial charge in [0.15, 0.2) is 0 Å². The van der Waals surface area contributed by atoms with Crippen LogP contribution >= 0.6 is 0 Å². The zero-order chi connectivity index (χ0) is 19.2. The normalized spacial score (nSPS) is 18.9. The molecule has 2 N–H and O–H groups in total. The molecule has 1 aromatic heterocycles. The van der Waals surface area contributed by atoms with E-state index in [4.69, 9.17) is 4.74 Å². The summed E-state index contributed by atoms with van der Waals surface area (Å²) in [6.45, 7) is 3.60. The third kappa shape index (κ3) is 2.81. The van der Waals surface area contributed by atoms with Gasteiger partial charge in [-0.1, -0.05) is 18.2 Å². The van der Waals surface area contributed by atoms with E-state index in [0.29, 0.717) is 17.3 Å². The lowest BCUT2D eigenvalue weighted by atomic mass is 10.00. The SMILES string of the molecule is Cc1ccc2c(c1)N(C)C(=O)C(C)(C(=O)NCc1nc3ccccc3[nH]1)O2. The van der Waals surface area contributed by atoms with Crippen molar-refractivity contribution in [2.45, 2.75) is 26.0 Å². The molecule has 138 valence electrons. The minimum Gasteiger partial charge on any atom is -0.466 e. The second kappa shape index (κ2) is 6.12. The fraction of sp³-hybridized carbons (Fsp3) is 0.250. The van der Waals surface area contributed by atoms with Gasteiger partial charge in [-0.3, -0.25) is 9.59 Å². The predicted molar refractivity (Wildman–Crippen MR) is 102 cm³/mol. The van der Waals surface area contributed by atoms with Crippen molar-refractivity contribution in [1.29, 1.82) is 0 Å². The quantitative estimate of drug-likeness (QED) is 0.698. The number of aromatic amines is 1. The average molecular weight is 364 g/mol. The Morgan fingerprint density at radius 3 is 2.85 bits per heavy atom. The summed E-state index contributed by atoms with van der Waals surface area (Å²) in [5.41, 5.74) is 1.74. The number of amides is 2. The molecule has 2 heterocycles. The second-order valence-electron chi connectivity index (χ2n) is 6.85. The third-order valence-electron chi connectivity index (χ3n) is 4.79. The van der Waals surface area contributed by atoms with Gasteiger partial charge in [-0.05, 0) is 43.7 Å². The fourth-order valence-corrected chi connectivity index (χ4v) is 3.23. The Morgan fingerprint density at radius 2 is 2.07 bits per heavy atom. The molecule has 2 amide bonds. The molecule has 1 unspecified atom stereocenters. The van der Waals surface area contributed by atoms with E-state index in [9.17, 15) is 9.59 Å². The largest absolute Gasteiger partial charge is 0.466 e. The number of para-hydroxylation sites is 2. The number of fused-ring (bicyclic) bond motifs is 2. The Hall–Kier alpha value is -3.35. The number of H-pyrrole nitrogens is 1. The van der Waals surface area contributed by atoms with E-state index in [-0.39, 0.29) is 6.54 Å². The predicted octanol–water partition coefficient (Wildman–Crippen LogP) is 2.30. The Morgan fingerprint density at radius 1 is 1.30 bits per heavy atom. The van der Waals surface area contributed by atoms with Gasteiger partial charge in [0.05, 0.1) is 23.3 Å². The molecule has 0 spiro atoms. The maximum absolute atomic E-state index is 12.8. The molecule has 4 rings (SSSR count). The smallest absolute Gasteiger partial charge is 0.280 e. The first-order chi connectivity index (χ1) is 12.9. The molecule has 0 bridgehead atoms. The molecule has 0 radical (unpaired) electrons. The number of ether oxygens (including phenoxy) is 1. The minimum atomic E-state index is -1.64. The number of rotatable bonds is 3. The zero-order valence-corrected chi connectivity index (χ0v) is 15.4. The van der Waals surface area contributed by atoms with Crippen LogP contribution in [0, 0.1) is 6.92 Å². The number of nitrogens with zero attached hydrogens (tertiary/aromatic N) is 2. The van der Waals surface area contributed by atoms with Crippen LogP contribution in [0.5, 0.6) is 5.75 Å². The van der Waals surface area contributed by atoms with E-state index in [1.807, 2.05) is 43.3 Å². The van der Waals surface area contributed by atoms with Crippen molar-refractivity contribution >= 4 is 28.5 Å². The molecular formula is C20H20N4O3. The van der Waals surface area contributed by atoms with E-state index in [1.165, 1.54) is 11.8 Å². The lowest BCUT2D eigenvalue weighted by molar-refractivity contribution is -0.148. The van der Waals surface area contributed by atoms with Crippen molar-refractivity contribution in [2.24, 2.45) is 0 Å². The monoisotopic (exact) mass is 364 g/mol. The van der Waals surface area contributed by atoms with Crippen LogP contribution in [-0.2, 0) is 16.1 Å². The first kappa shape index (κ1) is 17.1. The average Bonchev–Trinajstić information content (AvgIpc) is 3.08. The number of aromatic nitrogens is 2. The van der Waals surface area contributed by atoms with Gasteiger partial charge in [0.25, 0.3) is 17.4 Å². The van der Waals surface area contributed by atoms with Crippen LogP contribution in [0.1, 0.15) is 18.3 Å². The molecule has 0 aliphatic carbocycles. The molecule has 1 aliphatic heterocycles. The van der Waals surface area contributed by atoms with Gasteiger partial charge in [-0.2, -0.15) is 0 Å². The standard InChI is InChI=1S/C20H20N4O3/c1-12-8-9-16-15(10-12)24(3)19(26)20(2,27-16)18(25)21-11-17-22-13-6-4-5-7-14(13)23-17/h4-10H,11H2,1-3H3,(H,21,25)(H,22,23). The summed E-state index contributed by atoms with van der Waals surface area (Å²) < 4.78 is 5.83. The number of carbonyl (C=O) groups excluding carboxylic acids is 2. The van der Waals surface area contributed by atoms with Crippen molar-refractivity contribution in [3.63, 3.8) is 0 Å². The van der Waals surface area contributed by atoms with E-state index < -0.39 is 17.4 Å². The number of hydrogen-bond acceptors (Lipinski definition) is 4. The van der Waals surface area contributed by atoms with Crippen LogP contribution < -0.4 is 15.0 Å². The lowest BCUT2D eigenvalue weighted by Crippen LogP contribution is -2.61. The van der Waals surface area contributed by atoms with E-state index >= 15 is 0 Å². The summed E-state index contributed by atoms with van der Waals surface area (Å²) in [5.74, 6) is 0.193. The molecule has 3 aromatic rings. The van der Waals surface area contributed by atoms with Gasteiger partial charge in [0, 0.05) is 7.05 Å². The molecule has 7 nitrogen and oxygen atoms in total. The number of likely N-dealkylation sites (N-methyl/N-ethyl adjacent to an activating group) is 1. The summed E-state index contributed by atoms with van der Waals surface area (Å²) in [5, 5.41) is 2.76. The van der Waals surface area contributed by atoms with Crippen LogP contribution in [0.25, 0.3) is 11.0 Å². The van der Waals surface area contributed by atoms with E-state index in [1.54, 1.807) is 13.1 Å². The minimum absolute atomic E-state index is 0.171. The van der Waals surface area contributed by atoms with Gasteiger partial charge in [0.2, 0.25) is 0 Å². The number of imidazole rings is 1. The highest BCUT2D eigenvalue weighted by Gasteiger charge is 2.49. The van der Waals surface area contributed by atoms with Crippen molar-refractivity contribution < 1.29 is 14.3 Å². The number of benzene rings is 2. The molecule has 0 fully saturated rings. The maximum atomic E-state index is 12.8. The molecule has 1 atom stereocenters. The molecule has 2 aromatic carbocycles. The Bertz CT molecular complexity index is 1030. The van der Waals surface area contributed by atoms with Crippen LogP contribution in [-0.4, -0.2) is 34.4 Å². The summed E-state index contributed by atoms with van der Waals surface area (Å²) in [4.78, 5) is 34.7.